The Kier molecular flexibility index (Phi) is 5.25. The zero-order chi connectivity index (χ0) is 15.9. The Morgan fingerprint density at radius 2 is 1.77 bits per heavy atom. The van der Waals surface area contributed by atoms with Gasteiger partial charge in [-0.2, -0.15) is 0 Å². The Labute approximate surface area is 127 Å². The number of esters is 1. The van der Waals surface area contributed by atoms with Gasteiger partial charge in [-0.25, -0.2) is 9.18 Å². The number of hydrogen-bond donors (Lipinski definition) is 1. The van der Waals surface area contributed by atoms with Crippen LogP contribution >= 0.6 is 0 Å². The van der Waals surface area contributed by atoms with Crippen molar-refractivity contribution in [2.75, 3.05) is 6.61 Å². The largest absolute Gasteiger partial charge is 0.452 e. The van der Waals surface area contributed by atoms with Crippen LogP contribution < -0.4 is 5.32 Å². The molecule has 0 atom stereocenters. The van der Waals surface area contributed by atoms with E-state index in [4.69, 9.17) is 4.74 Å². The normalized spacial score (nSPS) is 10.1. The molecule has 0 aromatic heterocycles. The zero-order valence-electron chi connectivity index (χ0n) is 12.1. The predicted octanol–water partition coefficient (Wildman–Crippen LogP) is 2.61. The van der Waals surface area contributed by atoms with E-state index in [0.717, 1.165) is 11.1 Å². The molecule has 0 radical (unpaired) electrons. The quantitative estimate of drug-likeness (QED) is 0.864. The van der Waals surface area contributed by atoms with E-state index in [-0.39, 0.29) is 19.0 Å². The molecule has 1 N–H and O–H groups in total. The van der Waals surface area contributed by atoms with Gasteiger partial charge in [-0.05, 0) is 36.2 Å². The molecule has 4 nitrogen and oxygen atoms in total. The lowest BCUT2D eigenvalue weighted by Crippen LogP contribution is -2.28. The Hall–Kier alpha value is -2.69. The summed E-state index contributed by atoms with van der Waals surface area (Å²) in [6, 6.07) is 12.8. The second-order valence-electron chi connectivity index (χ2n) is 4.79. The third-order valence-corrected chi connectivity index (χ3v) is 3.10. The molecule has 0 unspecified atom stereocenters. The fourth-order valence-electron chi connectivity index (χ4n) is 1.86. The lowest BCUT2D eigenvalue weighted by atomic mass is 10.1. The Morgan fingerprint density at radius 3 is 2.45 bits per heavy atom. The van der Waals surface area contributed by atoms with Crippen molar-refractivity contribution in [2.24, 2.45) is 0 Å². The van der Waals surface area contributed by atoms with E-state index in [9.17, 15) is 14.0 Å². The topological polar surface area (TPSA) is 55.4 Å². The third kappa shape index (κ3) is 4.41. The molecule has 0 spiro atoms. The fourth-order valence-corrected chi connectivity index (χ4v) is 1.86. The number of benzene rings is 2. The summed E-state index contributed by atoms with van der Waals surface area (Å²) in [5.41, 5.74) is 1.99. The molecule has 114 valence electrons. The first-order valence-electron chi connectivity index (χ1n) is 6.80. The maximum absolute atomic E-state index is 12.7. The predicted molar refractivity (Wildman–Crippen MR) is 79.7 cm³/mol. The number of hydrogen-bond acceptors (Lipinski definition) is 3. The summed E-state index contributed by atoms with van der Waals surface area (Å²) in [6.07, 6.45) is 0. The highest BCUT2D eigenvalue weighted by molar-refractivity contribution is 5.92. The van der Waals surface area contributed by atoms with Gasteiger partial charge in [-0.3, -0.25) is 4.79 Å². The van der Waals surface area contributed by atoms with Gasteiger partial charge in [0.1, 0.15) is 5.82 Å². The monoisotopic (exact) mass is 301 g/mol. The summed E-state index contributed by atoms with van der Waals surface area (Å²) in [4.78, 5) is 23.5. The molecule has 0 aliphatic rings. The summed E-state index contributed by atoms with van der Waals surface area (Å²) in [6.45, 7) is 1.70. The Balaban J connectivity index is 1.79. The number of amides is 1. The Bertz CT molecular complexity index is 668. The summed E-state index contributed by atoms with van der Waals surface area (Å²) in [7, 11) is 0. The second kappa shape index (κ2) is 7.36. The van der Waals surface area contributed by atoms with Crippen molar-refractivity contribution in [3.05, 3.63) is 71.0 Å². The molecule has 2 rings (SSSR count). The van der Waals surface area contributed by atoms with Crippen LogP contribution in [0.2, 0.25) is 0 Å². The highest BCUT2D eigenvalue weighted by Crippen LogP contribution is 2.08. The van der Waals surface area contributed by atoms with E-state index in [1.165, 1.54) is 12.1 Å². The number of halogens is 1. The number of carbonyl (C=O) groups excluding carboxylic acids is 2. The summed E-state index contributed by atoms with van der Waals surface area (Å²) in [5.74, 6) is -1.27. The highest BCUT2D eigenvalue weighted by atomic mass is 19.1. The highest BCUT2D eigenvalue weighted by Gasteiger charge is 2.11. The zero-order valence-corrected chi connectivity index (χ0v) is 12.1. The van der Waals surface area contributed by atoms with E-state index in [1.54, 1.807) is 37.3 Å². The standard InChI is InChI=1S/C17H16FNO3/c1-12-4-2-3-5-15(12)17(21)22-11-16(20)19-10-13-6-8-14(18)9-7-13/h2-9H,10-11H2,1H3,(H,19,20). The molecule has 5 heteroatoms. The molecule has 0 aliphatic heterocycles. The van der Waals surface area contributed by atoms with Gasteiger partial charge in [-0.1, -0.05) is 30.3 Å². The van der Waals surface area contributed by atoms with Gasteiger partial charge < -0.3 is 10.1 Å². The van der Waals surface area contributed by atoms with E-state index >= 15 is 0 Å². The molecule has 2 aromatic carbocycles. The minimum Gasteiger partial charge on any atom is -0.452 e. The molecule has 0 aliphatic carbocycles. The van der Waals surface area contributed by atoms with Crippen LogP contribution in [0.4, 0.5) is 4.39 Å². The first-order chi connectivity index (χ1) is 10.6. The second-order valence-corrected chi connectivity index (χ2v) is 4.79. The van der Waals surface area contributed by atoms with Crippen molar-refractivity contribution < 1.29 is 18.7 Å². The molecule has 0 saturated heterocycles. The van der Waals surface area contributed by atoms with Gasteiger partial charge in [0.05, 0.1) is 5.56 Å². The third-order valence-electron chi connectivity index (χ3n) is 3.10. The van der Waals surface area contributed by atoms with Crippen LogP contribution in [0.25, 0.3) is 0 Å². The van der Waals surface area contributed by atoms with Gasteiger partial charge in [0.2, 0.25) is 0 Å². The number of aryl methyl sites for hydroxylation is 1. The van der Waals surface area contributed by atoms with Crippen molar-refractivity contribution >= 4 is 11.9 Å². The lowest BCUT2D eigenvalue weighted by Gasteiger charge is -2.08. The van der Waals surface area contributed by atoms with Crippen LogP contribution in [0.15, 0.2) is 48.5 Å². The number of ether oxygens (including phenoxy) is 1. The molecule has 2 aromatic rings. The lowest BCUT2D eigenvalue weighted by molar-refractivity contribution is -0.124. The first-order valence-corrected chi connectivity index (χ1v) is 6.80. The smallest absolute Gasteiger partial charge is 0.338 e. The average Bonchev–Trinajstić information content (AvgIpc) is 2.52. The number of nitrogens with one attached hydrogen (secondary N) is 1. The maximum Gasteiger partial charge on any atom is 0.338 e. The number of rotatable bonds is 5. The van der Waals surface area contributed by atoms with Crippen LogP contribution in [0.3, 0.4) is 0 Å². The van der Waals surface area contributed by atoms with Gasteiger partial charge in [0.15, 0.2) is 6.61 Å². The van der Waals surface area contributed by atoms with Crippen molar-refractivity contribution in [3.8, 4) is 0 Å². The molecule has 22 heavy (non-hydrogen) atoms. The SMILES string of the molecule is Cc1ccccc1C(=O)OCC(=O)NCc1ccc(F)cc1. The molecule has 1 amide bonds. The van der Waals surface area contributed by atoms with Crippen LogP contribution in [-0.2, 0) is 16.1 Å². The minimum absolute atomic E-state index is 0.251. The maximum atomic E-state index is 12.7. The molecular formula is C17H16FNO3. The molecular weight excluding hydrogens is 285 g/mol. The number of carbonyl (C=O) groups is 2. The van der Waals surface area contributed by atoms with Crippen molar-refractivity contribution in [2.45, 2.75) is 13.5 Å². The molecule has 0 bridgehead atoms. The summed E-state index contributed by atoms with van der Waals surface area (Å²) >= 11 is 0. The van der Waals surface area contributed by atoms with Crippen LogP contribution in [-0.4, -0.2) is 18.5 Å². The van der Waals surface area contributed by atoms with Gasteiger partial charge in [0.25, 0.3) is 5.91 Å². The van der Waals surface area contributed by atoms with E-state index in [2.05, 4.69) is 5.32 Å². The minimum atomic E-state index is -0.532. The van der Waals surface area contributed by atoms with Crippen LogP contribution in [0.5, 0.6) is 0 Å². The van der Waals surface area contributed by atoms with Crippen molar-refractivity contribution in [3.63, 3.8) is 0 Å². The average molecular weight is 301 g/mol. The van der Waals surface area contributed by atoms with Crippen molar-refractivity contribution in [1.29, 1.82) is 0 Å². The Morgan fingerprint density at radius 1 is 1.09 bits per heavy atom. The van der Waals surface area contributed by atoms with E-state index in [0.29, 0.717) is 5.56 Å². The molecule has 0 heterocycles. The van der Waals surface area contributed by atoms with Gasteiger partial charge in [-0.15, -0.1) is 0 Å². The van der Waals surface area contributed by atoms with Gasteiger partial charge >= 0.3 is 5.97 Å². The van der Waals surface area contributed by atoms with Crippen molar-refractivity contribution in [1.82, 2.24) is 5.32 Å². The molecule has 0 saturated carbocycles. The summed E-state index contributed by atoms with van der Waals surface area (Å²) < 4.78 is 17.7. The van der Waals surface area contributed by atoms with Gasteiger partial charge in [0, 0.05) is 6.54 Å². The fraction of sp³-hybridized carbons (Fsp3) is 0.176. The molecule has 0 fully saturated rings. The van der Waals surface area contributed by atoms with Crippen LogP contribution in [0, 0.1) is 12.7 Å². The van der Waals surface area contributed by atoms with E-state index < -0.39 is 11.9 Å². The first kappa shape index (κ1) is 15.7. The van der Waals surface area contributed by atoms with E-state index in [1.807, 2.05) is 6.07 Å². The summed E-state index contributed by atoms with van der Waals surface area (Å²) in [5, 5.41) is 2.60. The van der Waals surface area contributed by atoms with Crippen LogP contribution in [0.1, 0.15) is 21.5 Å².